The number of ether oxygens (including phenoxy) is 1. The first-order chi connectivity index (χ1) is 13.6. The number of methoxy groups -OCH3 is 1. The molecule has 0 aliphatic rings. The van der Waals surface area contributed by atoms with Crippen molar-refractivity contribution in [2.75, 3.05) is 25.5 Å². The fourth-order valence-corrected chi connectivity index (χ4v) is 4.68. The molecule has 0 bridgehead atoms. The van der Waals surface area contributed by atoms with Crippen LogP contribution in [0.3, 0.4) is 0 Å². The maximum absolute atomic E-state index is 13.1. The van der Waals surface area contributed by atoms with E-state index in [-0.39, 0.29) is 22.6 Å². The van der Waals surface area contributed by atoms with E-state index in [0.717, 1.165) is 0 Å². The van der Waals surface area contributed by atoms with Gasteiger partial charge in [0.15, 0.2) is 0 Å². The number of sulfonamides is 1. The summed E-state index contributed by atoms with van der Waals surface area (Å²) in [5.74, 6) is 0.760. The minimum Gasteiger partial charge on any atom is -0.497 e. The summed E-state index contributed by atoms with van der Waals surface area (Å²) >= 11 is 0. The Labute approximate surface area is 173 Å². The molecule has 158 valence electrons. The molecule has 0 aliphatic carbocycles. The fourth-order valence-electron chi connectivity index (χ4n) is 2.92. The summed E-state index contributed by atoms with van der Waals surface area (Å²) in [6, 6.07) is 13.1. The number of carbonyl (C=O) groups is 1. The Kier molecular flexibility index (Phi) is 7.81. The van der Waals surface area contributed by atoms with E-state index in [1.54, 1.807) is 31.4 Å². The number of carbonyl (C=O) groups excluding carboxylic acids is 1. The SMILES string of the molecule is COc1cccc(NC(=O)c2ccc(S(=O)(=O)N(CC(C)C)CC(C)C)cc2)c1. The minimum absolute atomic E-state index is 0.191. The third kappa shape index (κ3) is 6.30. The van der Waals surface area contributed by atoms with E-state index in [0.29, 0.717) is 30.1 Å². The van der Waals surface area contributed by atoms with Gasteiger partial charge in [0.25, 0.3) is 5.91 Å². The highest BCUT2D eigenvalue weighted by molar-refractivity contribution is 7.89. The van der Waals surface area contributed by atoms with Gasteiger partial charge in [-0.3, -0.25) is 4.79 Å². The highest BCUT2D eigenvalue weighted by atomic mass is 32.2. The van der Waals surface area contributed by atoms with Crippen molar-refractivity contribution >= 4 is 21.6 Å². The molecule has 1 amide bonds. The number of rotatable bonds is 9. The maximum atomic E-state index is 13.1. The van der Waals surface area contributed by atoms with Crippen molar-refractivity contribution < 1.29 is 17.9 Å². The molecule has 0 radical (unpaired) electrons. The summed E-state index contributed by atoms with van der Waals surface area (Å²) in [5.41, 5.74) is 0.983. The van der Waals surface area contributed by atoms with Crippen molar-refractivity contribution in [3.8, 4) is 5.75 Å². The van der Waals surface area contributed by atoms with Gasteiger partial charge in [0.1, 0.15) is 5.75 Å². The largest absolute Gasteiger partial charge is 0.497 e. The zero-order valence-electron chi connectivity index (χ0n) is 17.7. The molecule has 0 saturated heterocycles. The minimum atomic E-state index is -3.62. The van der Waals surface area contributed by atoms with Crippen molar-refractivity contribution in [2.45, 2.75) is 32.6 Å². The summed E-state index contributed by atoms with van der Waals surface area (Å²) in [4.78, 5) is 12.7. The van der Waals surface area contributed by atoms with Crippen LogP contribution in [0.25, 0.3) is 0 Å². The van der Waals surface area contributed by atoms with Crippen molar-refractivity contribution in [1.82, 2.24) is 4.31 Å². The first-order valence-electron chi connectivity index (χ1n) is 9.69. The van der Waals surface area contributed by atoms with Crippen LogP contribution in [0.1, 0.15) is 38.1 Å². The standard InChI is InChI=1S/C22H30N2O4S/c1-16(2)14-24(15-17(3)4)29(26,27)21-11-9-18(10-12-21)22(25)23-19-7-6-8-20(13-19)28-5/h6-13,16-17H,14-15H2,1-5H3,(H,23,25). The monoisotopic (exact) mass is 418 g/mol. The lowest BCUT2D eigenvalue weighted by molar-refractivity contribution is 0.102. The Bertz CT molecular complexity index is 912. The highest BCUT2D eigenvalue weighted by Gasteiger charge is 2.26. The summed E-state index contributed by atoms with van der Waals surface area (Å²) in [5, 5.41) is 2.79. The summed E-state index contributed by atoms with van der Waals surface area (Å²) in [6.45, 7) is 8.89. The third-order valence-corrected chi connectivity index (χ3v) is 6.07. The average Bonchev–Trinajstić information content (AvgIpc) is 2.67. The van der Waals surface area contributed by atoms with Gasteiger partial charge in [-0.2, -0.15) is 4.31 Å². The molecule has 7 heteroatoms. The van der Waals surface area contributed by atoms with E-state index in [1.807, 2.05) is 27.7 Å². The quantitative estimate of drug-likeness (QED) is 0.660. The number of nitrogens with zero attached hydrogens (tertiary/aromatic N) is 1. The molecule has 2 aromatic carbocycles. The zero-order valence-corrected chi connectivity index (χ0v) is 18.5. The van der Waals surface area contributed by atoms with Crippen LogP contribution in [-0.2, 0) is 10.0 Å². The fraction of sp³-hybridized carbons (Fsp3) is 0.409. The van der Waals surface area contributed by atoms with Gasteiger partial charge in [-0.15, -0.1) is 0 Å². The van der Waals surface area contributed by atoms with Crippen LogP contribution in [-0.4, -0.2) is 38.8 Å². The van der Waals surface area contributed by atoms with E-state index < -0.39 is 10.0 Å². The smallest absolute Gasteiger partial charge is 0.255 e. The molecular weight excluding hydrogens is 388 g/mol. The predicted molar refractivity (Wildman–Crippen MR) is 116 cm³/mol. The van der Waals surface area contributed by atoms with Gasteiger partial charge in [0.2, 0.25) is 10.0 Å². The zero-order chi connectivity index (χ0) is 21.6. The average molecular weight is 419 g/mol. The van der Waals surface area contributed by atoms with Crippen LogP contribution in [0, 0.1) is 11.8 Å². The topological polar surface area (TPSA) is 75.7 Å². The number of amides is 1. The van der Waals surface area contributed by atoms with Crippen LogP contribution in [0.2, 0.25) is 0 Å². The van der Waals surface area contributed by atoms with Gasteiger partial charge in [-0.1, -0.05) is 33.8 Å². The van der Waals surface area contributed by atoms with E-state index in [4.69, 9.17) is 4.74 Å². The molecule has 6 nitrogen and oxygen atoms in total. The molecule has 0 heterocycles. The molecule has 0 aliphatic heterocycles. The second kappa shape index (κ2) is 9.89. The Hall–Kier alpha value is -2.38. The number of benzene rings is 2. The molecule has 1 N–H and O–H groups in total. The van der Waals surface area contributed by atoms with Crippen LogP contribution < -0.4 is 10.1 Å². The number of anilines is 1. The third-order valence-electron chi connectivity index (χ3n) is 4.22. The van der Waals surface area contributed by atoms with E-state index in [9.17, 15) is 13.2 Å². The molecule has 0 fully saturated rings. The van der Waals surface area contributed by atoms with Crippen LogP contribution in [0.4, 0.5) is 5.69 Å². The lowest BCUT2D eigenvalue weighted by Gasteiger charge is -2.25. The molecule has 2 rings (SSSR count). The first kappa shape index (κ1) is 22.9. The molecule has 0 saturated carbocycles. The van der Waals surface area contributed by atoms with Crippen molar-refractivity contribution in [3.05, 3.63) is 54.1 Å². The first-order valence-corrected chi connectivity index (χ1v) is 11.1. The molecule has 2 aromatic rings. The molecule has 0 unspecified atom stereocenters. The van der Waals surface area contributed by atoms with Crippen LogP contribution >= 0.6 is 0 Å². The van der Waals surface area contributed by atoms with Gasteiger partial charge in [0, 0.05) is 30.4 Å². The summed E-state index contributed by atoms with van der Waals surface area (Å²) in [6.07, 6.45) is 0. The van der Waals surface area contributed by atoms with E-state index >= 15 is 0 Å². The Morgan fingerprint density at radius 3 is 2.10 bits per heavy atom. The second-order valence-corrected chi connectivity index (χ2v) is 9.76. The molecule has 29 heavy (non-hydrogen) atoms. The lowest BCUT2D eigenvalue weighted by atomic mass is 10.2. The van der Waals surface area contributed by atoms with Crippen molar-refractivity contribution in [1.29, 1.82) is 0 Å². The molecule has 0 aromatic heterocycles. The van der Waals surface area contributed by atoms with Crippen molar-refractivity contribution in [2.24, 2.45) is 11.8 Å². The highest BCUT2D eigenvalue weighted by Crippen LogP contribution is 2.21. The van der Waals surface area contributed by atoms with Gasteiger partial charge < -0.3 is 10.1 Å². The van der Waals surface area contributed by atoms with Crippen LogP contribution in [0.15, 0.2) is 53.4 Å². The Balaban J connectivity index is 2.19. The predicted octanol–water partition coefficient (Wildman–Crippen LogP) is 4.25. The second-order valence-electron chi connectivity index (χ2n) is 7.82. The van der Waals surface area contributed by atoms with Crippen LogP contribution in [0.5, 0.6) is 5.75 Å². The Morgan fingerprint density at radius 2 is 1.59 bits per heavy atom. The number of hydrogen-bond donors (Lipinski definition) is 1. The Morgan fingerprint density at radius 1 is 1.00 bits per heavy atom. The maximum Gasteiger partial charge on any atom is 0.255 e. The van der Waals surface area contributed by atoms with E-state index in [1.165, 1.54) is 28.6 Å². The lowest BCUT2D eigenvalue weighted by Crippen LogP contribution is -2.37. The summed E-state index contributed by atoms with van der Waals surface area (Å²) < 4.78 is 32.8. The summed E-state index contributed by atoms with van der Waals surface area (Å²) in [7, 11) is -2.06. The van der Waals surface area contributed by atoms with Gasteiger partial charge in [0.05, 0.1) is 12.0 Å². The van der Waals surface area contributed by atoms with Crippen molar-refractivity contribution in [3.63, 3.8) is 0 Å². The molecule has 0 spiro atoms. The van der Waals surface area contributed by atoms with E-state index in [2.05, 4.69) is 5.32 Å². The van der Waals surface area contributed by atoms with Gasteiger partial charge >= 0.3 is 0 Å². The van der Waals surface area contributed by atoms with Gasteiger partial charge in [-0.25, -0.2) is 8.42 Å². The molecule has 0 atom stereocenters. The number of hydrogen-bond acceptors (Lipinski definition) is 4. The van der Waals surface area contributed by atoms with Gasteiger partial charge in [-0.05, 0) is 48.2 Å². The number of nitrogens with one attached hydrogen (secondary N) is 1. The normalized spacial score (nSPS) is 11.9. The molecular formula is C22H30N2O4S.